The first-order valence-electron chi connectivity index (χ1n) is 5.30. The fraction of sp³-hybridized carbons (Fsp3) is 0.231. The van der Waals surface area contributed by atoms with Crippen LogP contribution in [0.25, 0.3) is 0 Å². The number of hydrogen-bond acceptors (Lipinski definition) is 3. The lowest BCUT2D eigenvalue weighted by molar-refractivity contribution is 0.103. The van der Waals surface area contributed by atoms with Gasteiger partial charge in [0.25, 0.3) is 0 Å². The summed E-state index contributed by atoms with van der Waals surface area (Å²) < 4.78 is 6.81. The molecule has 17 heavy (non-hydrogen) atoms. The van der Waals surface area contributed by atoms with Crippen LogP contribution in [0.1, 0.15) is 21.5 Å². The lowest BCUT2D eigenvalue weighted by Gasteiger charge is -2.07. The quantitative estimate of drug-likeness (QED) is 0.757. The van der Waals surface area contributed by atoms with Crippen molar-refractivity contribution in [2.45, 2.75) is 6.92 Å². The molecule has 0 bridgehead atoms. The molecule has 0 aliphatic rings. The number of benzene rings is 1. The maximum atomic E-state index is 12.3. The van der Waals surface area contributed by atoms with E-state index in [0.29, 0.717) is 16.9 Å². The summed E-state index contributed by atoms with van der Waals surface area (Å²) in [5.41, 5.74) is 2.16. The van der Waals surface area contributed by atoms with Crippen molar-refractivity contribution in [1.82, 2.24) is 9.78 Å². The maximum Gasteiger partial charge on any atom is 0.199 e. The first-order valence-corrected chi connectivity index (χ1v) is 5.30. The van der Waals surface area contributed by atoms with E-state index in [2.05, 4.69) is 5.10 Å². The summed E-state index contributed by atoms with van der Waals surface area (Å²) >= 11 is 0. The molecule has 0 saturated carbocycles. The molecule has 0 saturated heterocycles. The second kappa shape index (κ2) is 4.41. The van der Waals surface area contributed by atoms with Crippen molar-refractivity contribution in [3.05, 3.63) is 47.3 Å². The third kappa shape index (κ3) is 2.20. The Hall–Kier alpha value is -2.10. The smallest absolute Gasteiger partial charge is 0.199 e. The minimum Gasteiger partial charge on any atom is -0.496 e. The predicted molar refractivity (Wildman–Crippen MR) is 64.4 cm³/mol. The highest BCUT2D eigenvalue weighted by atomic mass is 16.5. The number of ether oxygens (including phenoxy) is 1. The van der Waals surface area contributed by atoms with Gasteiger partial charge in [-0.3, -0.25) is 9.48 Å². The number of hydrogen-bond donors (Lipinski definition) is 0. The molecular formula is C13H14N2O2. The molecule has 0 radical (unpaired) electrons. The molecule has 4 heteroatoms. The normalized spacial score (nSPS) is 10.3. The highest BCUT2D eigenvalue weighted by molar-refractivity contribution is 6.10. The number of methoxy groups -OCH3 is 1. The summed E-state index contributed by atoms with van der Waals surface area (Å²) in [7, 11) is 3.34. The van der Waals surface area contributed by atoms with Gasteiger partial charge in [0.2, 0.25) is 0 Å². The molecule has 1 aromatic carbocycles. The summed E-state index contributed by atoms with van der Waals surface area (Å²) in [6.07, 6.45) is 3.26. The van der Waals surface area contributed by atoms with Crippen molar-refractivity contribution in [3.63, 3.8) is 0 Å². The van der Waals surface area contributed by atoms with Crippen LogP contribution in [0.4, 0.5) is 0 Å². The van der Waals surface area contributed by atoms with Crippen molar-refractivity contribution in [3.8, 4) is 5.75 Å². The molecule has 88 valence electrons. The molecule has 0 N–H and O–H groups in total. The van der Waals surface area contributed by atoms with E-state index >= 15 is 0 Å². The summed E-state index contributed by atoms with van der Waals surface area (Å²) in [6, 6.07) is 5.55. The van der Waals surface area contributed by atoms with Crippen LogP contribution in [0.2, 0.25) is 0 Å². The summed E-state index contributed by atoms with van der Waals surface area (Å²) in [4.78, 5) is 12.3. The molecule has 0 fully saturated rings. The molecule has 1 aromatic heterocycles. The van der Waals surface area contributed by atoms with E-state index in [4.69, 9.17) is 4.74 Å². The summed E-state index contributed by atoms with van der Waals surface area (Å²) in [5, 5.41) is 4.00. The van der Waals surface area contributed by atoms with Gasteiger partial charge >= 0.3 is 0 Å². The molecular weight excluding hydrogens is 216 g/mol. The Morgan fingerprint density at radius 3 is 2.76 bits per heavy atom. The highest BCUT2D eigenvalue weighted by Gasteiger charge is 2.15. The van der Waals surface area contributed by atoms with Crippen LogP contribution >= 0.6 is 0 Å². The van der Waals surface area contributed by atoms with Gasteiger partial charge in [-0.2, -0.15) is 5.10 Å². The first kappa shape index (κ1) is 11.4. The van der Waals surface area contributed by atoms with Gasteiger partial charge in [-0.1, -0.05) is 11.6 Å². The van der Waals surface area contributed by atoms with Crippen molar-refractivity contribution in [2.75, 3.05) is 7.11 Å². The van der Waals surface area contributed by atoms with Gasteiger partial charge in [-0.25, -0.2) is 0 Å². The van der Waals surface area contributed by atoms with E-state index in [-0.39, 0.29) is 5.78 Å². The van der Waals surface area contributed by atoms with Crippen LogP contribution in [0.5, 0.6) is 5.75 Å². The Morgan fingerprint density at radius 1 is 1.41 bits per heavy atom. The molecule has 0 aliphatic heterocycles. The Bertz CT molecular complexity index is 558. The van der Waals surface area contributed by atoms with Crippen molar-refractivity contribution < 1.29 is 9.53 Å². The zero-order valence-electron chi connectivity index (χ0n) is 10.1. The van der Waals surface area contributed by atoms with Crippen molar-refractivity contribution >= 4 is 5.78 Å². The molecule has 0 amide bonds. The molecule has 0 aliphatic carbocycles. The van der Waals surface area contributed by atoms with E-state index in [0.717, 1.165) is 5.56 Å². The van der Waals surface area contributed by atoms with Crippen molar-refractivity contribution in [2.24, 2.45) is 7.05 Å². The number of nitrogens with zero attached hydrogens (tertiary/aromatic N) is 2. The van der Waals surface area contributed by atoms with Crippen LogP contribution < -0.4 is 4.74 Å². The number of carbonyl (C=O) groups excluding carboxylic acids is 1. The van der Waals surface area contributed by atoms with Crippen LogP contribution in [0.3, 0.4) is 0 Å². The lowest BCUT2D eigenvalue weighted by Crippen LogP contribution is -2.03. The molecule has 0 atom stereocenters. The number of aryl methyl sites for hydroxylation is 2. The number of ketones is 1. The van der Waals surface area contributed by atoms with Gasteiger partial charge in [-0.05, 0) is 19.1 Å². The van der Waals surface area contributed by atoms with Gasteiger partial charge in [0, 0.05) is 13.2 Å². The Balaban J connectivity index is 2.46. The van der Waals surface area contributed by atoms with Crippen LogP contribution in [-0.4, -0.2) is 22.7 Å². The Kier molecular flexibility index (Phi) is 2.95. The van der Waals surface area contributed by atoms with Gasteiger partial charge < -0.3 is 4.74 Å². The van der Waals surface area contributed by atoms with E-state index in [1.165, 1.54) is 0 Å². The molecule has 0 unspecified atom stereocenters. The van der Waals surface area contributed by atoms with E-state index in [1.807, 2.05) is 19.1 Å². The maximum absolute atomic E-state index is 12.3. The fourth-order valence-corrected chi connectivity index (χ4v) is 1.69. The number of carbonyl (C=O) groups is 1. The van der Waals surface area contributed by atoms with Crippen molar-refractivity contribution in [1.29, 1.82) is 0 Å². The largest absolute Gasteiger partial charge is 0.496 e. The standard InChI is InChI=1S/C13H14N2O2/c1-9-4-5-12(17-3)11(6-9)13(16)10-7-14-15(2)8-10/h4-8H,1-3H3. The van der Waals surface area contributed by atoms with Crippen LogP contribution in [0, 0.1) is 6.92 Å². The zero-order chi connectivity index (χ0) is 12.4. The summed E-state index contributed by atoms with van der Waals surface area (Å²) in [6.45, 7) is 1.94. The zero-order valence-corrected chi connectivity index (χ0v) is 10.1. The highest BCUT2D eigenvalue weighted by Crippen LogP contribution is 2.22. The Morgan fingerprint density at radius 2 is 2.18 bits per heavy atom. The molecule has 2 aromatic rings. The molecule has 2 rings (SSSR count). The van der Waals surface area contributed by atoms with Gasteiger partial charge in [0.05, 0.1) is 24.4 Å². The van der Waals surface area contributed by atoms with E-state index in [9.17, 15) is 4.79 Å². The average Bonchev–Trinajstić information content (AvgIpc) is 2.75. The predicted octanol–water partition coefficient (Wildman–Crippen LogP) is 1.97. The van der Waals surface area contributed by atoms with Gasteiger partial charge in [-0.15, -0.1) is 0 Å². The second-order valence-corrected chi connectivity index (χ2v) is 3.94. The third-order valence-electron chi connectivity index (χ3n) is 2.57. The Labute approximate surface area is 99.8 Å². The van der Waals surface area contributed by atoms with Crippen LogP contribution in [-0.2, 0) is 7.05 Å². The summed E-state index contributed by atoms with van der Waals surface area (Å²) in [5.74, 6) is 0.517. The fourth-order valence-electron chi connectivity index (χ4n) is 1.69. The van der Waals surface area contributed by atoms with Gasteiger partial charge in [0.1, 0.15) is 5.75 Å². The number of aromatic nitrogens is 2. The van der Waals surface area contributed by atoms with E-state index < -0.39 is 0 Å². The second-order valence-electron chi connectivity index (χ2n) is 3.94. The first-order chi connectivity index (χ1) is 8.11. The number of rotatable bonds is 3. The monoisotopic (exact) mass is 230 g/mol. The van der Waals surface area contributed by atoms with Crippen LogP contribution in [0.15, 0.2) is 30.6 Å². The van der Waals surface area contributed by atoms with Gasteiger partial charge in [0.15, 0.2) is 5.78 Å². The topological polar surface area (TPSA) is 44.1 Å². The third-order valence-corrected chi connectivity index (χ3v) is 2.57. The minimum atomic E-state index is -0.0707. The molecule has 0 spiro atoms. The van der Waals surface area contributed by atoms with E-state index in [1.54, 1.807) is 37.3 Å². The SMILES string of the molecule is COc1ccc(C)cc1C(=O)c1cnn(C)c1. The average molecular weight is 230 g/mol. The minimum absolute atomic E-state index is 0.0707. The molecule has 4 nitrogen and oxygen atoms in total. The molecule has 1 heterocycles. The lowest BCUT2D eigenvalue weighted by atomic mass is 10.0.